The van der Waals surface area contributed by atoms with Gasteiger partial charge in [0, 0.05) is 0 Å². The molecular weight excluding hydrogens is 310 g/mol. The third-order valence-electron chi connectivity index (χ3n) is 4.28. The second-order valence-corrected chi connectivity index (χ2v) is 5.77. The largest absolute Gasteiger partial charge is 0.372 e. The maximum absolute atomic E-state index is 6.50. The predicted molar refractivity (Wildman–Crippen MR) is 102 cm³/mol. The van der Waals surface area contributed by atoms with Crippen molar-refractivity contribution in [3.8, 4) is 0 Å². The zero-order chi connectivity index (χ0) is 17.5. The average molecular weight is 331 g/mol. The van der Waals surface area contributed by atoms with E-state index in [0.29, 0.717) is 13.2 Å². The first-order chi connectivity index (χ1) is 12.4. The molecular formula is C22H21NO2. The highest BCUT2D eigenvalue weighted by Crippen LogP contribution is 2.22. The van der Waals surface area contributed by atoms with Crippen molar-refractivity contribution in [2.45, 2.75) is 13.2 Å². The lowest BCUT2D eigenvalue weighted by molar-refractivity contribution is 0.109. The molecule has 3 N–H and O–H groups in total. The van der Waals surface area contributed by atoms with Gasteiger partial charge in [0.15, 0.2) is 0 Å². The van der Waals surface area contributed by atoms with Crippen molar-refractivity contribution in [2.75, 3.05) is 0 Å². The molecule has 3 heteroatoms. The number of rotatable bonds is 4. The van der Waals surface area contributed by atoms with E-state index in [1.807, 2.05) is 0 Å². The Kier molecular flexibility index (Phi) is 5.75. The van der Waals surface area contributed by atoms with Gasteiger partial charge in [-0.1, -0.05) is 84.9 Å². The van der Waals surface area contributed by atoms with E-state index in [2.05, 4.69) is 90.8 Å². The van der Waals surface area contributed by atoms with Gasteiger partial charge in [-0.25, -0.2) is 5.90 Å². The summed E-state index contributed by atoms with van der Waals surface area (Å²) in [7, 11) is 0. The fraction of sp³-hybridized carbons (Fsp3) is 0.0909. The molecule has 0 heterocycles. The highest BCUT2D eigenvalue weighted by molar-refractivity contribution is 5.86. The van der Waals surface area contributed by atoms with Crippen LogP contribution in [0, 0.1) is 0 Å². The van der Waals surface area contributed by atoms with Crippen LogP contribution in [0.4, 0.5) is 0 Å². The second kappa shape index (κ2) is 8.40. The van der Waals surface area contributed by atoms with Crippen LogP contribution in [0.2, 0.25) is 0 Å². The number of nitrogens with two attached hydrogens (primary N) is 1. The van der Waals surface area contributed by atoms with Crippen molar-refractivity contribution >= 4 is 21.5 Å². The molecule has 0 aliphatic rings. The summed E-state index contributed by atoms with van der Waals surface area (Å²) < 4.78 is 6.02. The maximum Gasteiger partial charge on any atom is 0.0727 e. The summed E-state index contributed by atoms with van der Waals surface area (Å²) in [5.41, 5.74) is 2.48. The van der Waals surface area contributed by atoms with E-state index in [9.17, 15) is 0 Å². The van der Waals surface area contributed by atoms with Crippen molar-refractivity contribution in [3.05, 3.63) is 96.1 Å². The van der Waals surface area contributed by atoms with Crippen LogP contribution < -0.4 is 5.90 Å². The molecule has 0 atom stereocenters. The van der Waals surface area contributed by atoms with Gasteiger partial charge in [0.05, 0.1) is 13.2 Å². The zero-order valence-corrected chi connectivity index (χ0v) is 13.9. The Morgan fingerprint density at radius 1 is 0.560 bits per heavy atom. The second-order valence-electron chi connectivity index (χ2n) is 5.77. The predicted octanol–water partition coefficient (Wildman–Crippen LogP) is 5.04. The van der Waals surface area contributed by atoms with Crippen LogP contribution in [0.1, 0.15) is 11.1 Å². The Bertz CT molecular complexity index is 876. The SMILES string of the molecule is NO.c1ccc2c(COCc3cccc4ccccc34)cccc2c1. The highest BCUT2D eigenvalue weighted by atomic mass is 16.5. The van der Waals surface area contributed by atoms with E-state index in [-0.39, 0.29) is 0 Å². The van der Waals surface area contributed by atoms with Crippen LogP contribution in [-0.4, -0.2) is 5.21 Å². The normalized spacial score (nSPS) is 10.5. The summed E-state index contributed by atoms with van der Waals surface area (Å²) in [4.78, 5) is 0. The fourth-order valence-corrected chi connectivity index (χ4v) is 3.11. The zero-order valence-electron chi connectivity index (χ0n) is 13.9. The molecule has 0 spiro atoms. The van der Waals surface area contributed by atoms with E-state index < -0.39 is 0 Å². The molecule has 0 aliphatic carbocycles. The van der Waals surface area contributed by atoms with Gasteiger partial charge in [-0.2, -0.15) is 0 Å². The minimum atomic E-state index is 0.630. The minimum Gasteiger partial charge on any atom is -0.372 e. The van der Waals surface area contributed by atoms with Crippen LogP contribution in [0.25, 0.3) is 21.5 Å². The van der Waals surface area contributed by atoms with E-state index in [1.165, 1.54) is 32.7 Å². The van der Waals surface area contributed by atoms with Crippen molar-refractivity contribution in [2.24, 2.45) is 5.90 Å². The Balaban J connectivity index is 0.000000880. The Morgan fingerprint density at radius 2 is 0.960 bits per heavy atom. The lowest BCUT2D eigenvalue weighted by atomic mass is 10.0. The topological polar surface area (TPSA) is 55.5 Å². The fourth-order valence-electron chi connectivity index (χ4n) is 3.11. The summed E-state index contributed by atoms with van der Waals surface area (Å²) >= 11 is 0. The third kappa shape index (κ3) is 3.86. The molecule has 0 aromatic heterocycles. The van der Waals surface area contributed by atoms with E-state index in [1.54, 1.807) is 0 Å². The Labute approximate surface area is 147 Å². The van der Waals surface area contributed by atoms with Gasteiger partial charge in [-0.15, -0.1) is 0 Å². The van der Waals surface area contributed by atoms with Gasteiger partial charge in [-0.3, -0.25) is 0 Å². The summed E-state index contributed by atoms with van der Waals surface area (Å²) in [5, 5.41) is 11.6. The Hall–Kier alpha value is -2.72. The molecule has 0 aliphatic heterocycles. The van der Waals surface area contributed by atoms with Gasteiger partial charge in [-0.05, 0) is 32.7 Å². The van der Waals surface area contributed by atoms with Gasteiger partial charge < -0.3 is 9.94 Å². The molecule has 0 saturated heterocycles. The van der Waals surface area contributed by atoms with Crippen molar-refractivity contribution in [1.29, 1.82) is 0 Å². The van der Waals surface area contributed by atoms with Gasteiger partial charge in [0.1, 0.15) is 0 Å². The quantitative estimate of drug-likeness (QED) is 0.515. The summed E-state index contributed by atoms with van der Waals surface area (Å²) in [5.74, 6) is 3.50. The smallest absolute Gasteiger partial charge is 0.0727 e. The first-order valence-electron chi connectivity index (χ1n) is 8.19. The molecule has 0 unspecified atom stereocenters. The number of hydrogen-bond acceptors (Lipinski definition) is 3. The van der Waals surface area contributed by atoms with Crippen LogP contribution in [-0.2, 0) is 18.0 Å². The molecule has 0 fully saturated rings. The molecule has 0 radical (unpaired) electrons. The van der Waals surface area contributed by atoms with Crippen molar-refractivity contribution < 1.29 is 9.94 Å². The van der Waals surface area contributed by atoms with Gasteiger partial charge in [0.2, 0.25) is 0 Å². The number of hydrogen-bond donors (Lipinski definition) is 2. The minimum absolute atomic E-state index is 0.630. The van der Waals surface area contributed by atoms with Crippen LogP contribution in [0.3, 0.4) is 0 Å². The molecule has 0 bridgehead atoms. The first kappa shape index (κ1) is 17.1. The van der Waals surface area contributed by atoms with E-state index >= 15 is 0 Å². The highest BCUT2D eigenvalue weighted by Gasteiger charge is 2.03. The monoisotopic (exact) mass is 331 g/mol. The number of benzene rings is 4. The maximum atomic E-state index is 6.50. The number of fused-ring (bicyclic) bond motifs is 2. The van der Waals surface area contributed by atoms with Crippen LogP contribution in [0.5, 0.6) is 0 Å². The molecule has 3 nitrogen and oxygen atoms in total. The molecule has 0 amide bonds. The lowest BCUT2D eigenvalue weighted by Crippen LogP contribution is -1.96. The van der Waals surface area contributed by atoms with Crippen molar-refractivity contribution in [1.82, 2.24) is 0 Å². The molecule has 4 rings (SSSR count). The molecule has 25 heavy (non-hydrogen) atoms. The van der Waals surface area contributed by atoms with Gasteiger partial charge >= 0.3 is 0 Å². The summed E-state index contributed by atoms with van der Waals surface area (Å²) in [6.45, 7) is 1.26. The third-order valence-corrected chi connectivity index (χ3v) is 4.28. The first-order valence-corrected chi connectivity index (χ1v) is 8.19. The van der Waals surface area contributed by atoms with E-state index in [0.717, 1.165) is 0 Å². The molecule has 0 saturated carbocycles. The summed E-state index contributed by atoms with van der Waals surface area (Å²) in [6.07, 6.45) is 0. The van der Waals surface area contributed by atoms with Crippen LogP contribution >= 0.6 is 0 Å². The lowest BCUT2D eigenvalue weighted by Gasteiger charge is -2.10. The van der Waals surface area contributed by atoms with Gasteiger partial charge in [0.25, 0.3) is 0 Å². The molecule has 126 valence electrons. The van der Waals surface area contributed by atoms with Crippen molar-refractivity contribution in [3.63, 3.8) is 0 Å². The van der Waals surface area contributed by atoms with Crippen LogP contribution in [0.15, 0.2) is 84.9 Å². The molecule has 4 aromatic carbocycles. The summed E-state index contributed by atoms with van der Waals surface area (Å²) in [6, 6.07) is 29.7. The molecule has 4 aromatic rings. The Morgan fingerprint density at radius 3 is 1.44 bits per heavy atom. The average Bonchev–Trinajstić information content (AvgIpc) is 2.70. The van der Waals surface area contributed by atoms with E-state index in [4.69, 9.17) is 9.94 Å². The number of ether oxygens (including phenoxy) is 1. The standard InChI is InChI=1S/C22H18O.H3NO/c1-3-13-21-17(7-1)9-5-11-19(21)15-23-16-20-12-6-10-18-8-2-4-14-22(18)20;1-2/h1-14H,15-16H2;2H,1H2.